The van der Waals surface area contributed by atoms with Crippen LogP contribution in [0.3, 0.4) is 0 Å². The number of hydrogen-bond donors (Lipinski definition) is 1. The van der Waals surface area contributed by atoms with Crippen LogP contribution in [0.1, 0.15) is 32.1 Å². The third-order valence-electron chi connectivity index (χ3n) is 7.65. The molecular weight excluding hydrogens is 236 g/mol. The van der Waals surface area contributed by atoms with Crippen LogP contribution in [0.15, 0.2) is 12.8 Å². The van der Waals surface area contributed by atoms with Gasteiger partial charge in [0.05, 0.1) is 12.4 Å². The van der Waals surface area contributed by atoms with Crippen molar-refractivity contribution in [2.45, 2.75) is 44.3 Å². The summed E-state index contributed by atoms with van der Waals surface area (Å²) < 4.78 is 5.83. The first-order valence-electron chi connectivity index (χ1n) is 8.24. The molecule has 0 spiro atoms. The summed E-state index contributed by atoms with van der Waals surface area (Å²) in [6.07, 6.45) is 8.63. The number of rotatable bonds is 2. The monoisotopic (exact) mass is 260 g/mol. The van der Waals surface area contributed by atoms with E-state index in [1.165, 1.54) is 25.7 Å². The fraction of sp³-hybridized carbons (Fsp3) is 0.882. The zero-order valence-electron chi connectivity index (χ0n) is 11.4. The maximum Gasteiger partial charge on any atom is 0.101 e. The smallest absolute Gasteiger partial charge is 0.101 e. The van der Waals surface area contributed by atoms with Crippen LogP contribution >= 0.6 is 0 Å². The van der Waals surface area contributed by atoms with Crippen LogP contribution in [0, 0.1) is 47.3 Å². The van der Waals surface area contributed by atoms with Gasteiger partial charge in [0.25, 0.3) is 0 Å². The van der Waals surface area contributed by atoms with E-state index in [0.717, 1.165) is 47.8 Å². The Morgan fingerprint density at radius 2 is 1.79 bits per heavy atom. The number of hydrogen-bond acceptors (Lipinski definition) is 2. The summed E-state index contributed by atoms with van der Waals surface area (Å²) in [4.78, 5) is 0. The third-order valence-corrected chi connectivity index (χ3v) is 7.65. The Hall–Kier alpha value is -0.500. The number of aliphatic hydroxyl groups excluding tert-OH is 1. The van der Waals surface area contributed by atoms with Gasteiger partial charge in [0.15, 0.2) is 0 Å². The fourth-order valence-electron chi connectivity index (χ4n) is 7.55. The molecule has 10 atom stereocenters. The minimum Gasteiger partial charge on any atom is -0.498 e. The van der Waals surface area contributed by atoms with Crippen LogP contribution < -0.4 is 0 Å². The van der Waals surface area contributed by atoms with E-state index >= 15 is 0 Å². The van der Waals surface area contributed by atoms with Crippen molar-refractivity contribution in [3.63, 3.8) is 0 Å². The molecule has 1 N–H and O–H groups in total. The van der Waals surface area contributed by atoms with Crippen molar-refractivity contribution in [3.05, 3.63) is 12.8 Å². The van der Waals surface area contributed by atoms with Crippen molar-refractivity contribution < 1.29 is 9.84 Å². The first-order valence-corrected chi connectivity index (χ1v) is 8.24. The van der Waals surface area contributed by atoms with Gasteiger partial charge >= 0.3 is 0 Å². The predicted molar refractivity (Wildman–Crippen MR) is 72.1 cm³/mol. The second-order valence-electron chi connectivity index (χ2n) is 7.84. The molecule has 0 amide bonds. The first kappa shape index (κ1) is 11.2. The SMILES string of the molecule is C=COC1CCC2C3CC(C12)C1C2CC(CC2O)C31. The Balaban J connectivity index is 1.49. The summed E-state index contributed by atoms with van der Waals surface area (Å²) in [5, 5.41) is 10.3. The minimum absolute atomic E-state index is 0.0178. The molecule has 104 valence electrons. The molecule has 0 radical (unpaired) electrons. The zero-order valence-corrected chi connectivity index (χ0v) is 11.4. The highest BCUT2D eigenvalue weighted by Crippen LogP contribution is 2.72. The van der Waals surface area contributed by atoms with Crippen molar-refractivity contribution in [2.24, 2.45) is 47.3 Å². The van der Waals surface area contributed by atoms with Crippen LogP contribution in [-0.2, 0) is 4.74 Å². The Morgan fingerprint density at radius 1 is 0.895 bits per heavy atom. The van der Waals surface area contributed by atoms with Crippen molar-refractivity contribution >= 4 is 0 Å². The van der Waals surface area contributed by atoms with Crippen LogP contribution in [-0.4, -0.2) is 17.3 Å². The summed E-state index contributed by atoms with van der Waals surface area (Å²) in [5.41, 5.74) is 0. The highest BCUT2D eigenvalue weighted by atomic mass is 16.5. The average molecular weight is 260 g/mol. The molecule has 0 aromatic carbocycles. The average Bonchev–Trinajstić information content (AvgIpc) is 3.08. The van der Waals surface area contributed by atoms with E-state index in [0.29, 0.717) is 12.0 Å². The molecule has 10 unspecified atom stereocenters. The lowest BCUT2D eigenvalue weighted by molar-refractivity contribution is -0.0259. The molecule has 4 bridgehead atoms. The second kappa shape index (κ2) is 3.58. The molecule has 5 aliphatic rings. The van der Waals surface area contributed by atoms with Gasteiger partial charge in [-0.15, -0.1) is 0 Å². The lowest BCUT2D eigenvalue weighted by Crippen LogP contribution is -2.42. The molecule has 0 aromatic heterocycles. The van der Waals surface area contributed by atoms with E-state index < -0.39 is 0 Å². The lowest BCUT2D eigenvalue weighted by atomic mass is 9.63. The number of aliphatic hydroxyl groups is 1. The topological polar surface area (TPSA) is 29.5 Å². The summed E-state index contributed by atoms with van der Waals surface area (Å²) in [6, 6.07) is 0. The minimum atomic E-state index is 0.0178. The summed E-state index contributed by atoms with van der Waals surface area (Å²) in [5.74, 6) is 6.87. The largest absolute Gasteiger partial charge is 0.498 e. The highest BCUT2D eigenvalue weighted by molar-refractivity contribution is 5.17. The van der Waals surface area contributed by atoms with E-state index in [1.54, 1.807) is 6.26 Å². The molecule has 2 nitrogen and oxygen atoms in total. The van der Waals surface area contributed by atoms with Crippen LogP contribution in [0.2, 0.25) is 0 Å². The predicted octanol–water partition coefficient (Wildman–Crippen LogP) is 2.82. The van der Waals surface area contributed by atoms with Crippen molar-refractivity contribution in [1.29, 1.82) is 0 Å². The van der Waals surface area contributed by atoms with Gasteiger partial charge in [-0.1, -0.05) is 6.58 Å². The van der Waals surface area contributed by atoms with Gasteiger partial charge in [-0.05, 0) is 73.5 Å². The van der Waals surface area contributed by atoms with E-state index in [-0.39, 0.29) is 6.10 Å². The summed E-state index contributed by atoms with van der Waals surface area (Å²) in [7, 11) is 0. The highest BCUT2D eigenvalue weighted by Gasteiger charge is 2.69. The van der Waals surface area contributed by atoms with Crippen LogP contribution in [0.5, 0.6) is 0 Å². The molecule has 5 saturated carbocycles. The molecular formula is C17H24O2. The maximum atomic E-state index is 10.3. The summed E-state index contributed by atoms with van der Waals surface area (Å²) >= 11 is 0. The first-order chi connectivity index (χ1) is 9.29. The van der Waals surface area contributed by atoms with Gasteiger partial charge in [-0.2, -0.15) is 0 Å². The van der Waals surface area contributed by atoms with Crippen molar-refractivity contribution in [3.8, 4) is 0 Å². The molecule has 5 aliphatic carbocycles. The molecule has 0 aliphatic heterocycles. The number of fused-ring (bicyclic) bond motifs is 12. The molecule has 0 saturated heterocycles. The Morgan fingerprint density at radius 3 is 2.63 bits per heavy atom. The van der Waals surface area contributed by atoms with Gasteiger partial charge in [-0.3, -0.25) is 0 Å². The second-order valence-corrected chi connectivity index (χ2v) is 7.84. The quantitative estimate of drug-likeness (QED) is 0.611. The fourth-order valence-corrected chi connectivity index (χ4v) is 7.55. The Bertz CT molecular complexity index is 419. The van der Waals surface area contributed by atoms with Crippen LogP contribution in [0.25, 0.3) is 0 Å². The van der Waals surface area contributed by atoms with Gasteiger partial charge in [0, 0.05) is 5.92 Å². The van der Waals surface area contributed by atoms with E-state index in [4.69, 9.17) is 4.74 Å². The van der Waals surface area contributed by atoms with E-state index in [1.807, 2.05) is 0 Å². The molecule has 0 aromatic rings. The molecule has 0 heterocycles. The number of ether oxygens (including phenoxy) is 1. The summed E-state index contributed by atoms with van der Waals surface area (Å²) in [6.45, 7) is 3.75. The third kappa shape index (κ3) is 1.19. The Kier molecular flexibility index (Phi) is 2.11. The van der Waals surface area contributed by atoms with E-state index in [2.05, 4.69) is 6.58 Å². The lowest BCUT2D eigenvalue weighted by Gasteiger charge is -2.43. The Labute approximate surface area is 115 Å². The van der Waals surface area contributed by atoms with Crippen molar-refractivity contribution in [1.82, 2.24) is 0 Å². The normalized spacial score (nSPS) is 64.3. The van der Waals surface area contributed by atoms with Gasteiger partial charge in [-0.25, -0.2) is 0 Å². The van der Waals surface area contributed by atoms with Gasteiger partial charge < -0.3 is 9.84 Å². The molecule has 5 rings (SSSR count). The van der Waals surface area contributed by atoms with Crippen molar-refractivity contribution in [2.75, 3.05) is 0 Å². The van der Waals surface area contributed by atoms with Crippen LogP contribution in [0.4, 0.5) is 0 Å². The maximum absolute atomic E-state index is 10.3. The van der Waals surface area contributed by atoms with E-state index in [9.17, 15) is 5.11 Å². The van der Waals surface area contributed by atoms with Gasteiger partial charge in [0.2, 0.25) is 0 Å². The van der Waals surface area contributed by atoms with Gasteiger partial charge in [0.1, 0.15) is 6.10 Å². The molecule has 5 fully saturated rings. The molecule has 19 heavy (non-hydrogen) atoms. The zero-order chi connectivity index (χ0) is 12.7. The molecule has 2 heteroatoms. The standard InChI is InChI=1S/C17H24O2/c1-2-19-14-4-3-9-10-7-12(16(9)14)17-11-5-8(15(10)17)6-13(11)18/h2,8-18H,1,3-7H2.